The van der Waals surface area contributed by atoms with Gasteiger partial charge in [0, 0.05) is 31.1 Å². The van der Waals surface area contributed by atoms with Crippen LogP contribution < -0.4 is 9.64 Å². The van der Waals surface area contributed by atoms with Crippen LogP contribution in [0.5, 0.6) is 5.75 Å². The first-order valence-corrected chi connectivity index (χ1v) is 17.3. The fourth-order valence-electron chi connectivity index (χ4n) is 4.61. The molecule has 0 radical (unpaired) electrons. The van der Waals surface area contributed by atoms with Crippen molar-refractivity contribution in [3.05, 3.63) is 71.8 Å². The quantitative estimate of drug-likeness (QED) is 0.0593. The number of azo groups is 2. The van der Waals surface area contributed by atoms with Crippen molar-refractivity contribution < 1.29 is 23.8 Å². The summed E-state index contributed by atoms with van der Waals surface area (Å²) < 4.78 is 16.2. The molecular weight excluding hydrogens is 630 g/mol. The van der Waals surface area contributed by atoms with Crippen LogP contribution in [-0.2, 0) is 19.1 Å². The van der Waals surface area contributed by atoms with Crippen LogP contribution in [0, 0.1) is 0 Å². The second-order valence-corrected chi connectivity index (χ2v) is 11.5. The molecule has 0 N–H and O–H groups in total. The summed E-state index contributed by atoms with van der Waals surface area (Å²) in [7, 11) is 0. The zero-order valence-corrected chi connectivity index (χ0v) is 29.2. The molecule has 0 saturated carbocycles. The van der Waals surface area contributed by atoms with Gasteiger partial charge in [-0.3, -0.25) is 9.59 Å². The number of anilines is 1. The molecule has 0 amide bonds. The third kappa shape index (κ3) is 14.6. The zero-order chi connectivity index (χ0) is 34.4. The van der Waals surface area contributed by atoms with Crippen LogP contribution in [0.4, 0.5) is 28.4 Å². The maximum atomic E-state index is 11.4. The van der Waals surface area contributed by atoms with E-state index in [0.29, 0.717) is 67.0 Å². The summed E-state index contributed by atoms with van der Waals surface area (Å²) in [6.45, 7) is 8.61. The lowest BCUT2D eigenvalue weighted by Gasteiger charge is -2.22. The number of nitrogens with zero attached hydrogens (tertiary/aromatic N) is 5. The number of unbranched alkanes of at least 4 members (excludes halogenated alkanes) is 6. The number of ether oxygens (including phenoxy) is 3. The van der Waals surface area contributed by atoms with Gasteiger partial charge in [-0.25, -0.2) is 0 Å². The lowest BCUT2D eigenvalue weighted by Crippen LogP contribution is -2.27. The Bertz CT molecular complexity index is 1450. The zero-order valence-electron chi connectivity index (χ0n) is 28.4. The highest BCUT2D eigenvalue weighted by molar-refractivity contribution is 6.33. The van der Waals surface area contributed by atoms with E-state index in [-0.39, 0.29) is 11.9 Å². The first-order chi connectivity index (χ1) is 23.4. The first-order valence-electron chi connectivity index (χ1n) is 16.9. The molecular formula is C37H48ClN5O5. The molecule has 3 rings (SSSR count). The molecule has 0 aromatic heterocycles. The monoisotopic (exact) mass is 677 g/mol. The largest absolute Gasteiger partial charge is 0.494 e. The fourth-order valence-corrected chi connectivity index (χ4v) is 4.82. The van der Waals surface area contributed by atoms with Gasteiger partial charge in [0.2, 0.25) is 0 Å². The molecule has 3 aromatic carbocycles. The van der Waals surface area contributed by atoms with Gasteiger partial charge < -0.3 is 19.1 Å². The first kappa shape index (κ1) is 38.1. The molecule has 0 saturated heterocycles. The Kier molecular flexibility index (Phi) is 17.7. The third-order valence-electron chi connectivity index (χ3n) is 7.44. The normalized spacial score (nSPS) is 11.2. The Hall–Kier alpha value is -4.31. The van der Waals surface area contributed by atoms with E-state index in [1.54, 1.807) is 19.1 Å². The number of esters is 2. The highest BCUT2D eigenvalue weighted by Gasteiger charge is 2.07. The Morgan fingerprint density at radius 2 is 1.12 bits per heavy atom. The SMILES string of the molecule is CCC(=O)OCCCCCCCCCOc1ccc(N=Nc2ccc(N=Nc3ccc(N(CC)CCOC(=O)CC)cc3)cc2)c(Cl)c1. The van der Waals surface area contributed by atoms with E-state index in [0.717, 1.165) is 56.4 Å². The molecule has 10 nitrogen and oxygen atoms in total. The van der Waals surface area contributed by atoms with Crippen molar-refractivity contribution in [3.8, 4) is 5.75 Å². The number of carbonyl (C=O) groups excluding carboxylic acids is 2. The summed E-state index contributed by atoms with van der Waals surface area (Å²) in [6, 6.07) is 20.5. The molecule has 258 valence electrons. The number of carbonyl (C=O) groups is 2. The third-order valence-corrected chi connectivity index (χ3v) is 7.74. The summed E-state index contributed by atoms with van der Waals surface area (Å²) >= 11 is 6.44. The molecule has 3 aromatic rings. The molecule has 0 unspecified atom stereocenters. The van der Waals surface area contributed by atoms with Crippen molar-refractivity contribution in [2.24, 2.45) is 20.5 Å². The van der Waals surface area contributed by atoms with Crippen molar-refractivity contribution >= 4 is 52.0 Å². The molecule has 0 spiro atoms. The summed E-state index contributed by atoms with van der Waals surface area (Å²) in [5.41, 5.74) is 3.68. The van der Waals surface area contributed by atoms with E-state index in [9.17, 15) is 9.59 Å². The Balaban J connectivity index is 1.37. The van der Waals surface area contributed by atoms with Gasteiger partial charge in [0.05, 0.1) is 41.8 Å². The summed E-state index contributed by atoms with van der Waals surface area (Å²) in [5, 5.41) is 17.8. The van der Waals surface area contributed by atoms with Crippen LogP contribution in [0.15, 0.2) is 87.2 Å². The molecule has 48 heavy (non-hydrogen) atoms. The van der Waals surface area contributed by atoms with E-state index in [2.05, 4.69) is 32.3 Å². The molecule has 0 aliphatic rings. The number of likely N-dealkylation sites (N-methyl/N-ethyl adjacent to an activating group) is 1. The lowest BCUT2D eigenvalue weighted by atomic mass is 10.1. The average Bonchev–Trinajstić information content (AvgIpc) is 3.11. The van der Waals surface area contributed by atoms with Gasteiger partial charge in [-0.15, -0.1) is 5.11 Å². The predicted octanol–water partition coefficient (Wildman–Crippen LogP) is 11.0. The number of hydrogen-bond acceptors (Lipinski definition) is 10. The maximum absolute atomic E-state index is 11.4. The Labute approximate surface area is 289 Å². The molecule has 0 aliphatic heterocycles. The second kappa shape index (κ2) is 22.3. The fraction of sp³-hybridized carbons (Fsp3) is 0.459. The van der Waals surface area contributed by atoms with Gasteiger partial charge in [0.1, 0.15) is 18.0 Å². The number of benzene rings is 3. The van der Waals surface area contributed by atoms with Gasteiger partial charge in [0.25, 0.3) is 0 Å². The minimum absolute atomic E-state index is 0.122. The van der Waals surface area contributed by atoms with Crippen LogP contribution in [0.2, 0.25) is 5.02 Å². The molecule has 11 heteroatoms. The van der Waals surface area contributed by atoms with Crippen LogP contribution in [0.1, 0.15) is 78.6 Å². The topological polar surface area (TPSA) is 115 Å². The van der Waals surface area contributed by atoms with Gasteiger partial charge in [-0.1, -0.05) is 57.6 Å². The Morgan fingerprint density at radius 3 is 1.67 bits per heavy atom. The smallest absolute Gasteiger partial charge is 0.305 e. The molecule has 0 heterocycles. The van der Waals surface area contributed by atoms with E-state index in [1.807, 2.05) is 61.5 Å². The van der Waals surface area contributed by atoms with Gasteiger partial charge >= 0.3 is 11.9 Å². The van der Waals surface area contributed by atoms with Crippen molar-refractivity contribution in [2.75, 3.05) is 37.8 Å². The van der Waals surface area contributed by atoms with E-state index >= 15 is 0 Å². The highest BCUT2D eigenvalue weighted by atomic mass is 35.5. The molecule has 0 aliphatic carbocycles. The Morgan fingerprint density at radius 1 is 0.625 bits per heavy atom. The average molecular weight is 678 g/mol. The molecule has 0 bridgehead atoms. The van der Waals surface area contributed by atoms with Crippen LogP contribution in [-0.4, -0.2) is 44.8 Å². The summed E-state index contributed by atoms with van der Waals surface area (Å²) in [5.74, 6) is 0.400. The number of rotatable bonds is 22. The van der Waals surface area contributed by atoms with E-state index in [4.69, 9.17) is 25.8 Å². The van der Waals surface area contributed by atoms with E-state index in [1.165, 1.54) is 6.42 Å². The molecule has 0 atom stereocenters. The van der Waals surface area contributed by atoms with E-state index < -0.39 is 0 Å². The lowest BCUT2D eigenvalue weighted by molar-refractivity contribution is -0.144. The minimum Gasteiger partial charge on any atom is -0.494 e. The number of hydrogen-bond donors (Lipinski definition) is 0. The predicted molar refractivity (Wildman–Crippen MR) is 191 cm³/mol. The van der Waals surface area contributed by atoms with Crippen molar-refractivity contribution in [2.45, 2.75) is 78.6 Å². The van der Waals surface area contributed by atoms with Crippen molar-refractivity contribution in [3.63, 3.8) is 0 Å². The standard InChI is InChI=1S/C37H48ClN5O5/c1-4-36(44)47-26-13-11-9-7-8-10-12-25-46-33-22-23-35(34(38)28-33)42-41-30-16-14-29(15-17-30)39-40-31-18-20-32(21-19-31)43(6-3)24-27-48-37(45)5-2/h14-23,28H,4-13,24-27H2,1-3H3. The number of halogens is 1. The highest BCUT2D eigenvalue weighted by Crippen LogP contribution is 2.31. The minimum atomic E-state index is -0.189. The van der Waals surface area contributed by atoms with Crippen LogP contribution in [0.25, 0.3) is 0 Å². The van der Waals surface area contributed by atoms with Crippen LogP contribution >= 0.6 is 11.6 Å². The maximum Gasteiger partial charge on any atom is 0.305 e. The summed E-state index contributed by atoms with van der Waals surface area (Å²) in [6.07, 6.45) is 8.43. The van der Waals surface area contributed by atoms with Gasteiger partial charge in [-0.05, 0) is 80.4 Å². The second-order valence-electron chi connectivity index (χ2n) is 11.1. The summed E-state index contributed by atoms with van der Waals surface area (Å²) in [4.78, 5) is 24.6. The molecule has 0 fully saturated rings. The van der Waals surface area contributed by atoms with Gasteiger partial charge in [-0.2, -0.15) is 15.3 Å². The van der Waals surface area contributed by atoms with Crippen molar-refractivity contribution in [1.82, 2.24) is 0 Å². The van der Waals surface area contributed by atoms with Crippen LogP contribution in [0.3, 0.4) is 0 Å². The van der Waals surface area contributed by atoms with Gasteiger partial charge in [0.15, 0.2) is 0 Å². The van der Waals surface area contributed by atoms with Crippen molar-refractivity contribution in [1.29, 1.82) is 0 Å².